The van der Waals surface area contributed by atoms with E-state index in [1.165, 1.54) is 12.5 Å². The number of carboxylic acid groups (broad SMARTS) is 1. The van der Waals surface area contributed by atoms with E-state index in [4.69, 9.17) is 9.84 Å². The van der Waals surface area contributed by atoms with Crippen LogP contribution >= 0.6 is 0 Å². The molecule has 34 heavy (non-hydrogen) atoms. The van der Waals surface area contributed by atoms with E-state index >= 15 is 0 Å². The number of aromatic amines is 1. The zero-order chi connectivity index (χ0) is 24.1. The number of hydrogen-bond donors (Lipinski definition) is 5. The third-order valence-electron chi connectivity index (χ3n) is 5.69. The number of alkyl carbamates (subject to hydrolysis) is 1. The van der Waals surface area contributed by atoms with Crippen molar-refractivity contribution < 1.29 is 29.3 Å². The number of imidazole rings is 1. The Hall–Kier alpha value is -4.18. The fourth-order valence-electron chi connectivity index (χ4n) is 4.02. The number of aromatic nitrogens is 2. The first-order valence-electron chi connectivity index (χ1n) is 10.7. The third-order valence-corrected chi connectivity index (χ3v) is 5.69. The van der Waals surface area contributed by atoms with Crippen LogP contribution in [0.1, 0.15) is 22.7 Å². The number of fused-ring (bicyclic) bond motifs is 3. The molecule has 176 valence electrons. The highest BCUT2D eigenvalue weighted by molar-refractivity contribution is 5.86. The predicted molar refractivity (Wildman–Crippen MR) is 121 cm³/mol. The Kier molecular flexibility index (Phi) is 6.88. The summed E-state index contributed by atoms with van der Waals surface area (Å²) in [4.78, 5) is 42.8. The van der Waals surface area contributed by atoms with Gasteiger partial charge in [-0.25, -0.2) is 14.6 Å². The van der Waals surface area contributed by atoms with Crippen molar-refractivity contribution in [3.63, 3.8) is 0 Å². The summed E-state index contributed by atoms with van der Waals surface area (Å²) in [6, 6.07) is 14.8. The molecule has 1 aliphatic carbocycles. The Balaban J connectivity index is 1.42. The molecular formula is C24H24N4O6. The van der Waals surface area contributed by atoms with Crippen molar-refractivity contribution in [2.24, 2.45) is 0 Å². The Morgan fingerprint density at radius 3 is 2.29 bits per heavy atom. The minimum absolute atomic E-state index is 0.0686. The van der Waals surface area contributed by atoms with Gasteiger partial charge in [0, 0.05) is 24.2 Å². The van der Waals surface area contributed by atoms with Crippen LogP contribution in [-0.2, 0) is 20.7 Å². The van der Waals surface area contributed by atoms with Crippen LogP contribution in [0.25, 0.3) is 11.1 Å². The molecule has 0 spiro atoms. The van der Waals surface area contributed by atoms with Crippen LogP contribution in [0.3, 0.4) is 0 Å². The van der Waals surface area contributed by atoms with Gasteiger partial charge in [0.1, 0.15) is 12.6 Å². The first kappa shape index (κ1) is 23.0. The number of ether oxygens (including phenoxy) is 1. The van der Waals surface area contributed by atoms with Gasteiger partial charge in [-0.05, 0) is 22.3 Å². The number of aliphatic carboxylic acids is 1. The van der Waals surface area contributed by atoms with Crippen LogP contribution in [0.4, 0.5) is 4.79 Å². The normalized spacial score (nSPS) is 13.9. The molecule has 4 rings (SSSR count). The van der Waals surface area contributed by atoms with E-state index in [9.17, 15) is 19.5 Å². The van der Waals surface area contributed by atoms with E-state index in [0.29, 0.717) is 5.69 Å². The number of hydrogen-bond acceptors (Lipinski definition) is 6. The van der Waals surface area contributed by atoms with Gasteiger partial charge in [0.05, 0.1) is 12.9 Å². The molecule has 0 aliphatic heterocycles. The zero-order valence-corrected chi connectivity index (χ0v) is 18.1. The van der Waals surface area contributed by atoms with E-state index < -0.39 is 36.7 Å². The summed E-state index contributed by atoms with van der Waals surface area (Å²) < 4.78 is 5.50. The molecule has 2 aromatic carbocycles. The van der Waals surface area contributed by atoms with Gasteiger partial charge in [-0.3, -0.25) is 4.79 Å². The highest BCUT2D eigenvalue weighted by atomic mass is 16.5. The first-order valence-corrected chi connectivity index (χ1v) is 10.7. The average molecular weight is 464 g/mol. The molecule has 1 unspecified atom stereocenters. The molecule has 0 bridgehead atoms. The van der Waals surface area contributed by atoms with Gasteiger partial charge in [-0.1, -0.05) is 48.5 Å². The topological polar surface area (TPSA) is 154 Å². The standard InChI is InChI=1S/C24H24N4O6/c29-21(23(31)32)11-26-22(30)20(9-14-10-25-13-27-14)28-24(33)34-12-19-17-7-3-1-5-15(17)16-6-2-4-8-18(16)19/h1-8,10,13,19-21,29H,9,11-12H2,(H,25,27)(H,26,30)(H,28,33)(H,31,32)/t20-,21?/m1/s1. The van der Waals surface area contributed by atoms with Crippen LogP contribution in [0.15, 0.2) is 61.1 Å². The fourth-order valence-corrected chi connectivity index (χ4v) is 4.02. The van der Waals surface area contributed by atoms with Crippen LogP contribution in [0.5, 0.6) is 0 Å². The lowest BCUT2D eigenvalue weighted by Gasteiger charge is -2.20. The lowest BCUT2D eigenvalue weighted by Crippen LogP contribution is -2.50. The SMILES string of the molecule is O=C(N[C@H](Cc1cnc[nH]1)C(=O)NCC(O)C(=O)O)OCC1c2ccccc2-c2ccccc21. The van der Waals surface area contributed by atoms with Gasteiger partial charge in [-0.2, -0.15) is 0 Å². The molecule has 1 aromatic heterocycles. The van der Waals surface area contributed by atoms with E-state index in [1.807, 2.05) is 48.5 Å². The Labute approximate surface area is 195 Å². The minimum atomic E-state index is -1.76. The van der Waals surface area contributed by atoms with Crippen molar-refractivity contribution in [1.29, 1.82) is 0 Å². The zero-order valence-electron chi connectivity index (χ0n) is 18.1. The number of carbonyl (C=O) groups excluding carboxylic acids is 2. The predicted octanol–water partition coefficient (Wildman–Crippen LogP) is 1.42. The summed E-state index contributed by atoms with van der Waals surface area (Å²) in [5.74, 6) is -2.26. The van der Waals surface area contributed by atoms with Crippen molar-refractivity contribution in [3.05, 3.63) is 77.9 Å². The molecule has 0 radical (unpaired) electrons. The number of amides is 2. The molecule has 0 saturated heterocycles. The summed E-state index contributed by atoms with van der Waals surface area (Å²) in [7, 11) is 0. The van der Waals surface area contributed by atoms with Crippen LogP contribution < -0.4 is 10.6 Å². The largest absolute Gasteiger partial charge is 0.479 e. The second-order valence-electron chi connectivity index (χ2n) is 7.90. The average Bonchev–Trinajstić information content (AvgIpc) is 3.46. The summed E-state index contributed by atoms with van der Waals surface area (Å²) in [5.41, 5.74) is 4.90. The molecule has 1 heterocycles. The smallest absolute Gasteiger partial charge is 0.407 e. The number of H-pyrrole nitrogens is 1. The van der Waals surface area contributed by atoms with Gasteiger partial charge >= 0.3 is 12.1 Å². The number of nitrogens with one attached hydrogen (secondary N) is 3. The highest BCUT2D eigenvalue weighted by Crippen LogP contribution is 2.44. The monoisotopic (exact) mass is 464 g/mol. The number of carboxylic acids is 1. The van der Waals surface area contributed by atoms with Gasteiger partial charge in [-0.15, -0.1) is 0 Å². The van der Waals surface area contributed by atoms with E-state index in [1.54, 1.807) is 0 Å². The molecule has 2 atom stereocenters. The lowest BCUT2D eigenvalue weighted by atomic mass is 9.98. The summed E-state index contributed by atoms with van der Waals surface area (Å²) >= 11 is 0. The maximum atomic E-state index is 12.6. The third kappa shape index (κ3) is 5.07. The summed E-state index contributed by atoms with van der Waals surface area (Å²) in [6.07, 6.45) is 0.461. The highest BCUT2D eigenvalue weighted by Gasteiger charge is 2.30. The Morgan fingerprint density at radius 1 is 1.06 bits per heavy atom. The van der Waals surface area contributed by atoms with Crippen molar-refractivity contribution in [2.75, 3.05) is 13.2 Å². The minimum Gasteiger partial charge on any atom is -0.479 e. The van der Waals surface area contributed by atoms with E-state index in [2.05, 4.69) is 20.6 Å². The molecule has 10 heteroatoms. The molecular weight excluding hydrogens is 440 g/mol. The second-order valence-corrected chi connectivity index (χ2v) is 7.90. The van der Waals surface area contributed by atoms with E-state index in [0.717, 1.165) is 22.3 Å². The molecule has 10 nitrogen and oxygen atoms in total. The summed E-state index contributed by atoms with van der Waals surface area (Å²) in [6.45, 7) is -0.421. The molecule has 1 aliphatic rings. The molecule has 0 saturated carbocycles. The fraction of sp³-hybridized carbons (Fsp3) is 0.250. The number of carbonyl (C=O) groups is 3. The van der Waals surface area contributed by atoms with Crippen molar-refractivity contribution in [2.45, 2.75) is 24.5 Å². The maximum absolute atomic E-state index is 12.6. The van der Waals surface area contributed by atoms with Gasteiger partial charge < -0.3 is 30.6 Å². The molecule has 2 amide bonds. The number of nitrogens with zero attached hydrogens (tertiary/aromatic N) is 1. The number of benzene rings is 2. The van der Waals surface area contributed by atoms with Crippen LogP contribution in [-0.4, -0.2) is 63.4 Å². The lowest BCUT2D eigenvalue weighted by molar-refractivity contribution is -0.146. The number of aliphatic hydroxyl groups excluding tert-OH is 1. The first-order chi connectivity index (χ1) is 16.4. The van der Waals surface area contributed by atoms with Crippen LogP contribution in [0.2, 0.25) is 0 Å². The quantitative estimate of drug-likeness (QED) is 0.321. The second kappa shape index (κ2) is 10.2. The van der Waals surface area contributed by atoms with E-state index in [-0.39, 0.29) is 18.9 Å². The molecule has 0 fully saturated rings. The van der Waals surface area contributed by atoms with Crippen molar-refractivity contribution in [3.8, 4) is 11.1 Å². The number of rotatable bonds is 9. The van der Waals surface area contributed by atoms with Gasteiger partial charge in [0.15, 0.2) is 6.10 Å². The van der Waals surface area contributed by atoms with Crippen molar-refractivity contribution in [1.82, 2.24) is 20.6 Å². The number of aliphatic hydroxyl groups is 1. The van der Waals surface area contributed by atoms with Crippen LogP contribution in [0, 0.1) is 0 Å². The summed E-state index contributed by atoms with van der Waals surface area (Å²) in [5, 5.41) is 23.1. The molecule has 5 N–H and O–H groups in total. The Morgan fingerprint density at radius 2 is 1.71 bits per heavy atom. The Bertz CT molecular complexity index is 1130. The van der Waals surface area contributed by atoms with Gasteiger partial charge in [0.25, 0.3) is 0 Å². The van der Waals surface area contributed by atoms with Gasteiger partial charge in [0.2, 0.25) is 5.91 Å². The molecule has 3 aromatic rings. The van der Waals surface area contributed by atoms with Crippen molar-refractivity contribution >= 4 is 18.0 Å². The maximum Gasteiger partial charge on any atom is 0.407 e.